The Balaban J connectivity index is 1.35. The fraction of sp³-hybridized carbons (Fsp3) is 0.550. The molecule has 2 aromatic heterocycles. The molecule has 27 heavy (non-hydrogen) atoms. The molecule has 1 N–H and O–H groups in total. The molecule has 4 rings (SSSR count). The van der Waals surface area contributed by atoms with E-state index in [1.54, 1.807) is 11.3 Å². The summed E-state index contributed by atoms with van der Waals surface area (Å²) in [5.41, 5.74) is 1.50. The predicted molar refractivity (Wildman–Crippen MR) is 111 cm³/mol. The number of rotatable bonds is 8. The van der Waals surface area contributed by atoms with E-state index >= 15 is 0 Å². The van der Waals surface area contributed by atoms with Crippen LogP contribution in [0.3, 0.4) is 0 Å². The third-order valence-electron chi connectivity index (χ3n) is 5.10. The van der Waals surface area contributed by atoms with Crippen LogP contribution in [0.5, 0.6) is 0 Å². The molecule has 2 aliphatic carbocycles. The van der Waals surface area contributed by atoms with Gasteiger partial charge >= 0.3 is 0 Å². The van der Waals surface area contributed by atoms with Crippen LogP contribution in [0.1, 0.15) is 57.9 Å². The molecule has 1 amide bonds. The summed E-state index contributed by atoms with van der Waals surface area (Å²) in [7, 11) is 0. The third-order valence-corrected chi connectivity index (χ3v) is 7.02. The first-order valence-electron chi connectivity index (χ1n) is 9.83. The number of carbonyl (C=O) groups is 1. The summed E-state index contributed by atoms with van der Waals surface area (Å²) in [6, 6.07) is 4.60. The normalized spacial score (nSPS) is 18.2. The topological polar surface area (TPSA) is 59.8 Å². The molecule has 2 aliphatic rings. The zero-order valence-corrected chi connectivity index (χ0v) is 17.3. The summed E-state index contributed by atoms with van der Waals surface area (Å²) in [5.74, 6) is 1.02. The third kappa shape index (κ3) is 4.63. The van der Waals surface area contributed by atoms with E-state index in [0.29, 0.717) is 6.04 Å². The highest BCUT2D eigenvalue weighted by molar-refractivity contribution is 8.00. The van der Waals surface area contributed by atoms with Gasteiger partial charge in [0.25, 0.3) is 0 Å². The molecule has 1 saturated carbocycles. The molecular weight excluding hydrogens is 376 g/mol. The Morgan fingerprint density at radius 3 is 3.00 bits per heavy atom. The highest BCUT2D eigenvalue weighted by Gasteiger charge is 2.31. The van der Waals surface area contributed by atoms with Gasteiger partial charge in [0, 0.05) is 12.6 Å². The highest BCUT2D eigenvalue weighted by atomic mass is 32.2. The second-order valence-corrected chi connectivity index (χ2v) is 9.55. The van der Waals surface area contributed by atoms with E-state index in [1.165, 1.54) is 55.9 Å². The molecule has 0 aliphatic heterocycles. The number of amides is 1. The molecule has 1 fully saturated rings. The first-order chi connectivity index (χ1) is 13.2. The van der Waals surface area contributed by atoms with Crippen LogP contribution in [0, 0.1) is 0 Å². The van der Waals surface area contributed by atoms with Crippen molar-refractivity contribution in [1.82, 2.24) is 20.1 Å². The molecule has 0 saturated heterocycles. The summed E-state index contributed by atoms with van der Waals surface area (Å²) < 4.78 is 2.23. The number of nitrogens with zero attached hydrogens (tertiary/aromatic N) is 3. The maximum absolute atomic E-state index is 12.5. The minimum atomic E-state index is -0.178. The van der Waals surface area contributed by atoms with E-state index in [4.69, 9.17) is 0 Å². The number of thiophene rings is 1. The van der Waals surface area contributed by atoms with Crippen molar-refractivity contribution in [1.29, 1.82) is 0 Å². The fourth-order valence-corrected chi connectivity index (χ4v) is 5.08. The van der Waals surface area contributed by atoms with E-state index in [0.717, 1.165) is 28.8 Å². The lowest BCUT2D eigenvalue weighted by atomic mass is 9.97. The Morgan fingerprint density at radius 2 is 2.30 bits per heavy atom. The van der Waals surface area contributed by atoms with Gasteiger partial charge in [0.2, 0.25) is 5.91 Å². The lowest BCUT2D eigenvalue weighted by Crippen LogP contribution is -2.32. The predicted octanol–water partition coefficient (Wildman–Crippen LogP) is 4.83. The Labute approximate surface area is 168 Å². The number of hydrogen-bond donors (Lipinski definition) is 1. The van der Waals surface area contributed by atoms with Crippen molar-refractivity contribution in [3.63, 3.8) is 0 Å². The summed E-state index contributed by atoms with van der Waals surface area (Å²) in [6.45, 7) is 2.68. The van der Waals surface area contributed by atoms with Gasteiger partial charge in [-0.1, -0.05) is 29.5 Å². The Bertz CT molecular complexity index is 808. The van der Waals surface area contributed by atoms with Crippen molar-refractivity contribution in [3.8, 4) is 10.7 Å². The average Bonchev–Trinajstić information content (AvgIpc) is 3.21. The van der Waals surface area contributed by atoms with Crippen LogP contribution in [0.4, 0.5) is 0 Å². The van der Waals surface area contributed by atoms with Crippen molar-refractivity contribution in [3.05, 3.63) is 29.2 Å². The van der Waals surface area contributed by atoms with Crippen LogP contribution in [0.25, 0.3) is 10.7 Å². The lowest BCUT2D eigenvalue weighted by Gasteiger charge is -2.15. The number of nitrogens with one attached hydrogen (secondary N) is 1. The van der Waals surface area contributed by atoms with Crippen molar-refractivity contribution in [2.24, 2.45) is 0 Å². The number of carbonyl (C=O) groups excluding carboxylic acids is 1. The number of aromatic nitrogens is 3. The largest absolute Gasteiger partial charge is 0.355 e. The molecule has 1 atom stereocenters. The smallest absolute Gasteiger partial charge is 0.233 e. The maximum atomic E-state index is 12.5. The van der Waals surface area contributed by atoms with E-state index in [1.807, 2.05) is 13.0 Å². The lowest BCUT2D eigenvalue weighted by molar-refractivity contribution is -0.120. The molecule has 0 unspecified atom stereocenters. The molecule has 2 aromatic rings. The van der Waals surface area contributed by atoms with Gasteiger partial charge in [-0.3, -0.25) is 9.36 Å². The molecule has 0 aromatic carbocycles. The molecule has 2 heterocycles. The van der Waals surface area contributed by atoms with Crippen LogP contribution in [0.2, 0.25) is 0 Å². The molecular formula is C20H26N4OS2. The first kappa shape index (κ1) is 18.7. The minimum absolute atomic E-state index is 0.0828. The van der Waals surface area contributed by atoms with E-state index < -0.39 is 0 Å². The summed E-state index contributed by atoms with van der Waals surface area (Å²) in [4.78, 5) is 13.7. The van der Waals surface area contributed by atoms with Crippen LogP contribution in [-0.4, -0.2) is 32.5 Å². The van der Waals surface area contributed by atoms with Gasteiger partial charge in [-0.05, 0) is 63.3 Å². The van der Waals surface area contributed by atoms with Gasteiger partial charge < -0.3 is 5.32 Å². The van der Waals surface area contributed by atoms with Crippen LogP contribution in [0.15, 0.2) is 34.3 Å². The maximum Gasteiger partial charge on any atom is 0.233 e. The zero-order chi connectivity index (χ0) is 18.6. The molecule has 0 spiro atoms. The Morgan fingerprint density at radius 1 is 1.41 bits per heavy atom. The van der Waals surface area contributed by atoms with E-state index in [9.17, 15) is 4.79 Å². The number of allylic oxidation sites excluding steroid dienone is 1. The molecule has 5 nitrogen and oxygen atoms in total. The van der Waals surface area contributed by atoms with Gasteiger partial charge in [-0.15, -0.1) is 21.5 Å². The highest BCUT2D eigenvalue weighted by Crippen LogP contribution is 2.42. The van der Waals surface area contributed by atoms with Crippen molar-refractivity contribution >= 4 is 29.0 Å². The zero-order valence-electron chi connectivity index (χ0n) is 15.7. The first-order valence-corrected chi connectivity index (χ1v) is 11.6. The molecule has 0 radical (unpaired) electrons. The van der Waals surface area contributed by atoms with Crippen molar-refractivity contribution in [2.75, 3.05) is 6.54 Å². The SMILES string of the molecule is C[C@@H](Sc1nnc(-c2cccs2)n1C1CC1)C(=O)NCCC1=CCCCC1. The van der Waals surface area contributed by atoms with E-state index in [2.05, 4.69) is 37.6 Å². The summed E-state index contributed by atoms with van der Waals surface area (Å²) in [5, 5.41) is 14.7. The van der Waals surface area contributed by atoms with Gasteiger partial charge in [-0.2, -0.15) is 0 Å². The quantitative estimate of drug-likeness (QED) is 0.507. The van der Waals surface area contributed by atoms with Crippen molar-refractivity contribution < 1.29 is 4.79 Å². The van der Waals surface area contributed by atoms with Crippen molar-refractivity contribution in [2.45, 2.75) is 68.3 Å². The van der Waals surface area contributed by atoms with Crippen LogP contribution in [-0.2, 0) is 4.79 Å². The van der Waals surface area contributed by atoms with Crippen LogP contribution < -0.4 is 5.32 Å². The van der Waals surface area contributed by atoms with Gasteiger partial charge in [0.05, 0.1) is 10.1 Å². The fourth-order valence-electron chi connectivity index (χ4n) is 3.43. The number of thioether (sulfide) groups is 1. The van der Waals surface area contributed by atoms with Gasteiger partial charge in [-0.25, -0.2) is 0 Å². The van der Waals surface area contributed by atoms with E-state index in [-0.39, 0.29) is 11.2 Å². The minimum Gasteiger partial charge on any atom is -0.355 e. The summed E-state index contributed by atoms with van der Waals surface area (Å²) >= 11 is 3.20. The molecule has 0 bridgehead atoms. The second kappa shape index (κ2) is 8.61. The standard InChI is InChI=1S/C20H26N4OS2/c1-14(19(25)21-12-11-15-6-3-2-4-7-15)27-20-23-22-18(17-8-5-13-26-17)24(20)16-9-10-16/h5-6,8,13-14,16H,2-4,7,9-12H2,1H3,(H,21,25)/t14-/m1/s1. The second-order valence-electron chi connectivity index (χ2n) is 7.29. The average molecular weight is 403 g/mol. The van der Waals surface area contributed by atoms with Gasteiger partial charge in [0.1, 0.15) is 0 Å². The molecule has 7 heteroatoms. The summed E-state index contributed by atoms with van der Waals surface area (Å²) in [6.07, 6.45) is 10.6. The molecule has 144 valence electrons. The Kier molecular flexibility index (Phi) is 5.98. The van der Waals surface area contributed by atoms with Gasteiger partial charge in [0.15, 0.2) is 11.0 Å². The Hall–Kier alpha value is -1.60. The number of hydrogen-bond acceptors (Lipinski definition) is 5. The van der Waals surface area contributed by atoms with Crippen LogP contribution >= 0.6 is 23.1 Å². The monoisotopic (exact) mass is 402 g/mol.